The van der Waals surface area contributed by atoms with Crippen molar-refractivity contribution in [3.05, 3.63) is 29.8 Å². The summed E-state index contributed by atoms with van der Waals surface area (Å²) in [5, 5.41) is 3.12. The number of anilines is 1. The Morgan fingerprint density at radius 1 is 1.03 bits per heavy atom. The Morgan fingerprint density at radius 2 is 1.74 bits per heavy atom. The first kappa shape index (κ1) is 27.1. The molecule has 4 fully saturated rings. The topological polar surface area (TPSA) is 82.2 Å². The molecule has 4 atom stereocenters. The van der Waals surface area contributed by atoms with Gasteiger partial charge < -0.3 is 19.9 Å². The molecule has 0 aromatic heterocycles. The van der Waals surface area contributed by atoms with E-state index in [9.17, 15) is 14.4 Å². The van der Waals surface area contributed by atoms with Crippen LogP contribution in [-0.4, -0.2) is 91.5 Å². The van der Waals surface area contributed by atoms with Crippen molar-refractivity contribution in [2.24, 2.45) is 11.8 Å². The number of piperazine rings is 1. The Balaban J connectivity index is 1.28. The van der Waals surface area contributed by atoms with Gasteiger partial charge in [-0.15, -0.1) is 0 Å². The van der Waals surface area contributed by atoms with E-state index in [0.717, 1.165) is 76.9 Å². The molecule has 0 spiro atoms. The third-order valence-corrected chi connectivity index (χ3v) is 9.18. The number of carbonyl (C=O) groups is 3. The average molecular weight is 525 g/mol. The molecule has 1 aromatic rings. The Labute approximate surface area is 227 Å². The number of nitrogens with zero attached hydrogens (tertiary/aromatic N) is 3. The van der Waals surface area contributed by atoms with E-state index < -0.39 is 12.1 Å². The second-order valence-corrected chi connectivity index (χ2v) is 11.6. The van der Waals surface area contributed by atoms with Crippen LogP contribution in [0.2, 0.25) is 0 Å². The maximum atomic E-state index is 14.0. The molecule has 0 unspecified atom stereocenters. The number of amides is 2. The first-order chi connectivity index (χ1) is 18.5. The maximum Gasteiger partial charge on any atom is 0.251 e. The van der Waals surface area contributed by atoms with Gasteiger partial charge in [-0.3, -0.25) is 19.3 Å². The van der Waals surface area contributed by atoms with Gasteiger partial charge in [0.2, 0.25) is 5.91 Å². The van der Waals surface area contributed by atoms with Gasteiger partial charge in [0.1, 0.15) is 18.7 Å². The van der Waals surface area contributed by atoms with Gasteiger partial charge in [0.15, 0.2) is 5.78 Å². The first-order valence-corrected chi connectivity index (χ1v) is 14.8. The van der Waals surface area contributed by atoms with Crippen LogP contribution in [0.4, 0.5) is 5.69 Å². The van der Waals surface area contributed by atoms with Crippen molar-refractivity contribution in [3.8, 4) is 0 Å². The van der Waals surface area contributed by atoms with Crippen LogP contribution in [0.3, 0.4) is 0 Å². The van der Waals surface area contributed by atoms with E-state index >= 15 is 0 Å². The van der Waals surface area contributed by atoms with Gasteiger partial charge in [-0.25, -0.2) is 0 Å². The molecule has 208 valence electrons. The normalized spacial score (nSPS) is 27.4. The van der Waals surface area contributed by atoms with Gasteiger partial charge in [-0.05, 0) is 62.4 Å². The van der Waals surface area contributed by atoms with Crippen molar-refractivity contribution in [3.63, 3.8) is 0 Å². The average Bonchev–Trinajstić information content (AvgIpc) is 3.52. The Morgan fingerprint density at radius 3 is 2.39 bits per heavy atom. The molecule has 5 rings (SSSR count). The number of ether oxygens (including phenoxy) is 1. The van der Waals surface area contributed by atoms with Crippen molar-refractivity contribution in [2.75, 3.05) is 50.8 Å². The molecule has 1 N–H and O–H groups in total. The largest absolute Gasteiger partial charge is 0.369 e. The summed E-state index contributed by atoms with van der Waals surface area (Å²) in [4.78, 5) is 46.7. The van der Waals surface area contributed by atoms with Crippen molar-refractivity contribution in [1.29, 1.82) is 0 Å². The summed E-state index contributed by atoms with van der Waals surface area (Å²) < 4.78 is 5.79. The second-order valence-electron chi connectivity index (χ2n) is 11.6. The fourth-order valence-corrected chi connectivity index (χ4v) is 6.96. The lowest BCUT2D eigenvalue weighted by atomic mass is 9.83. The van der Waals surface area contributed by atoms with Crippen LogP contribution >= 0.6 is 0 Å². The van der Waals surface area contributed by atoms with Gasteiger partial charge in [0, 0.05) is 49.9 Å². The van der Waals surface area contributed by atoms with E-state index in [1.165, 1.54) is 6.42 Å². The predicted octanol–water partition coefficient (Wildman–Crippen LogP) is 3.10. The number of hydrogen-bond donors (Lipinski definition) is 1. The second kappa shape index (κ2) is 12.2. The summed E-state index contributed by atoms with van der Waals surface area (Å²) >= 11 is 0. The summed E-state index contributed by atoms with van der Waals surface area (Å²) in [5.74, 6) is -0.0919. The lowest BCUT2D eigenvalue weighted by Gasteiger charge is -2.36. The summed E-state index contributed by atoms with van der Waals surface area (Å²) in [7, 11) is 0. The number of rotatable bonds is 8. The molecule has 1 aliphatic carbocycles. The Bertz CT molecular complexity index is 984. The fourth-order valence-electron chi connectivity index (χ4n) is 6.96. The number of carbonyl (C=O) groups excluding carboxylic acids is 3. The first-order valence-electron chi connectivity index (χ1n) is 14.8. The SMILES string of the molecule is CCCN1CCN(c2ccc(C(=O)N[C@H](C(=O)N3C[C@H](CC)[C@H]4OCC(=O)[C@H]43)C3CCCCC3)cc2)CC1. The van der Waals surface area contributed by atoms with Crippen LogP contribution in [0.5, 0.6) is 0 Å². The van der Waals surface area contributed by atoms with Crippen LogP contribution in [0.25, 0.3) is 0 Å². The molecule has 1 saturated carbocycles. The number of likely N-dealkylation sites (tertiary alicyclic amines) is 1. The molecule has 3 heterocycles. The number of benzene rings is 1. The molecule has 0 bridgehead atoms. The molecule has 3 saturated heterocycles. The zero-order valence-corrected chi connectivity index (χ0v) is 23.1. The van der Waals surface area contributed by atoms with E-state index in [-0.39, 0.29) is 42.1 Å². The molecular weight excluding hydrogens is 480 g/mol. The van der Waals surface area contributed by atoms with Crippen LogP contribution in [0.1, 0.15) is 69.2 Å². The molecule has 38 heavy (non-hydrogen) atoms. The minimum absolute atomic E-state index is 0.0147. The molecular formula is C30H44N4O4. The van der Waals surface area contributed by atoms with Crippen LogP contribution < -0.4 is 10.2 Å². The van der Waals surface area contributed by atoms with E-state index in [1.54, 1.807) is 4.90 Å². The summed E-state index contributed by atoms with van der Waals surface area (Å²) in [6, 6.07) is 6.67. The molecule has 2 amide bonds. The highest BCUT2D eigenvalue weighted by atomic mass is 16.5. The van der Waals surface area contributed by atoms with Crippen molar-refractivity contribution in [1.82, 2.24) is 15.1 Å². The lowest BCUT2D eigenvalue weighted by molar-refractivity contribution is -0.139. The van der Waals surface area contributed by atoms with Crippen molar-refractivity contribution in [2.45, 2.75) is 77.0 Å². The molecule has 0 radical (unpaired) electrons. The fraction of sp³-hybridized carbons (Fsp3) is 0.700. The maximum absolute atomic E-state index is 14.0. The number of fused-ring (bicyclic) bond motifs is 1. The predicted molar refractivity (Wildman–Crippen MR) is 147 cm³/mol. The number of nitrogens with one attached hydrogen (secondary N) is 1. The highest BCUT2D eigenvalue weighted by Crippen LogP contribution is 2.36. The highest BCUT2D eigenvalue weighted by molar-refractivity contribution is 5.99. The highest BCUT2D eigenvalue weighted by Gasteiger charge is 2.53. The van der Waals surface area contributed by atoms with Crippen molar-refractivity contribution >= 4 is 23.3 Å². The number of hydrogen-bond acceptors (Lipinski definition) is 6. The summed E-state index contributed by atoms with van der Waals surface area (Å²) in [6.45, 7) is 10.1. The van der Waals surface area contributed by atoms with E-state index in [0.29, 0.717) is 12.1 Å². The minimum Gasteiger partial charge on any atom is -0.369 e. The molecule has 1 aromatic carbocycles. The quantitative estimate of drug-likeness (QED) is 0.563. The Hall–Kier alpha value is -2.45. The van der Waals surface area contributed by atoms with E-state index in [2.05, 4.69) is 29.0 Å². The molecule has 8 heteroatoms. The van der Waals surface area contributed by atoms with Gasteiger partial charge in [-0.1, -0.05) is 33.1 Å². The standard InChI is InChI=1S/C30H44N4O4/c1-3-14-32-15-17-33(18-16-32)24-12-10-23(11-13-24)29(36)31-26(22-8-6-5-7-9-22)30(37)34-19-21(4-2)28-27(34)25(35)20-38-28/h10-13,21-22,26-28H,3-9,14-20H2,1-2H3,(H,31,36)/t21-,26-,27+,28+/m0/s1. The molecule has 4 aliphatic rings. The van der Waals surface area contributed by atoms with Crippen LogP contribution in [0, 0.1) is 11.8 Å². The summed E-state index contributed by atoms with van der Waals surface area (Å²) in [6.07, 6.45) is 6.96. The minimum atomic E-state index is -0.612. The number of Topliss-reactive ketones (excluding diaryl/α,β-unsaturated/α-hetero) is 1. The zero-order chi connectivity index (χ0) is 26.6. The van der Waals surface area contributed by atoms with Gasteiger partial charge in [0.05, 0.1) is 6.10 Å². The number of ketones is 1. The van der Waals surface area contributed by atoms with Crippen LogP contribution in [-0.2, 0) is 14.3 Å². The van der Waals surface area contributed by atoms with Gasteiger partial charge >= 0.3 is 0 Å². The summed E-state index contributed by atoms with van der Waals surface area (Å²) in [5.41, 5.74) is 1.70. The van der Waals surface area contributed by atoms with Gasteiger partial charge in [0.25, 0.3) is 5.91 Å². The van der Waals surface area contributed by atoms with Crippen LogP contribution in [0.15, 0.2) is 24.3 Å². The van der Waals surface area contributed by atoms with Gasteiger partial charge in [-0.2, -0.15) is 0 Å². The Kier molecular flexibility index (Phi) is 8.68. The van der Waals surface area contributed by atoms with E-state index in [1.807, 2.05) is 24.3 Å². The molecule has 3 aliphatic heterocycles. The van der Waals surface area contributed by atoms with Crippen molar-refractivity contribution < 1.29 is 19.1 Å². The monoisotopic (exact) mass is 524 g/mol. The van der Waals surface area contributed by atoms with E-state index in [4.69, 9.17) is 4.74 Å². The zero-order valence-electron chi connectivity index (χ0n) is 23.1. The lowest BCUT2D eigenvalue weighted by Crippen LogP contribution is -2.55. The third-order valence-electron chi connectivity index (χ3n) is 9.18. The smallest absolute Gasteiger partial charge is 0.251 e. The molecule has 8 nitrogen and oxygen atoms in total. The third kappa shape index (κ3) is 5.62.